The molecule has 16 heavy (non-hydrogen) atoms. The number of carbonyl (C=O) groups is 1. The van der Waals surface area contributed by atoms with Crippen LogP contribution >= 0.6 is 23.2 Å². The Kier molecular flexibility index (Phi) is 3.66. The van der Waals surface area contributed by atoms with Crippen LogP contribution in [0.5, 0.6) is 0 Å². The summed E-state index contributed by atoms with van der Waals surface area (Å²) in [7, 11) is 0. The molecule has 86 valence electrons. The third-order valence-corrected chi connectivity index (χ3v) is 3.21. The van der Waals surface area contributed by atoms with Crippen molar-refractivity contribution in [2.45, 2.75) is 25.8 Å². The zero-order valence-electron chi connectivity index (χ0n) is 8.75. The van der Waals surface area contributed by atoms with Crippen LogP contribution in [0.3, 0.4) is 0 Å². The second-order valence-electron chi connectivity index (χ2n) is 3.86. The fourth-order valence-electron chi connectivity index (χ4n) is 1.79. The van der Waals surface area contributed by atoms with Gasteiger partial charge in [-0.2, -0.15) is 0 Å². The number of rotatable bonds is 2. The molecule has 1 aromatic heterocycles. The highest BCUT2D eigenvalue weighted by Crippen LogP contribution is 2.20. The largest absolute Gasteiger partial charge is 0.338 e. The zero-order valence-corrected chi connectivity index (χ0v) is 10.3. The lowest BCUT2D eigenvalue weighted by molar-refractivity contribution is -0.133. The number of halogens is 2. The van der Waals surface area contributed by atoms with Gasteiger partial charge in [-0.05, 0) is 18.9 Å². The Morgan fingerprint density at radius 3 is 2.81 bits per heavy atom. The molecule has 0 aliphatic carbocycles. The molecular weight excluding hydrogens is 247 g/mol. The van der Waals surface area contributed by atoms with E-state index in [1.807, 2.05) is 11.0 Å². The van der Waals surface area contributed by atoms with E-state index in [0.717, 1.165) is 24.9 Å². The summed E-state index contributed by atoms with van der Waals surface area (Å²) in [6.07, 6.45) is 2.69. The molecule has 0 saturated carbocycles. The summed E-state index contributed by atoms with van der Waals surface area (Å²) in [6.45, 7) is 1.33. The molecule has 1 aliphatic rings. The van der Waals surface area contributed by atoms with Gasteiger partial charge in [-0.25, -0.2) is 4.98 Å². The lowest BCUT2D eigenvalue weighted by Crippen LogP contribution is -2.34. The molecule has 1 saturated heterocycles. The molecule has 1 amide bonds. The van der Waals surface area contributed by atoms with Gasteiger partial charge in [0.05, 0.1) is 0 Å². The summed E-state index contributed by atoms with van der Waals surface area (Å²) >= 11 is 11.7. The second kappa shape index (κ2) is 5.02. The van der Waals surface area contributed by atoms with Gasteiger partial charge in [0.2, 0.25) is 5.91 Å². The highest BCUT2D eigenvalue weighted by molar-refractivity contribution is 6.32. The van der Waals surface area contributed by atoms with E-state index >= 15 is 0 Å². The lowest BCUT2D eigenvalue weighted by Gasteiger charge is -2.26. The third kappa shape index (κ3) is 2.66. The molecule has 3 nitrogen and oxygen atoms in total. The summed E-state index contributed by atoms with van der Waals surface area (Å²) in [4.78, 5) is 17.4. The number of hydrogen-bond acceptors (Lipinski definition) is 2. The number of pyridine rings is 1. The zero-order chi connectivity index (χ0) is 11.5. The number of amides is 1. The Morgan fingerprint density at radius 1 is 1.31 bits per heavy atom. The SMILES string of the molecule is O=C1CCCCN1Cc1ccc(Cl)nc1Cl. The fourth-order valence-corrected chi connectivity index (χ4v) is 2.20. The standard InChI is InChI=1S/C11H12Cl2N2O/c12-9-5-4-8(11(13)14-9)7-15-6-2-1-3-10(15)16/h4-5H,1-3,6-7H2. The van der Waals surface area contributed by atoms with Gasteiger partial charge in [0.25, 0.3) is 0 Å². The van der Waals surface area contributed by atoms with Crippen LogP contribution in [0.4, 0.5) is 0 Å². The molecule has 0 unspecified atom stereocenters. The molecule has 0 spiro atoms. The minimum atomic E-state index is 0.192. The van der Waals surface area contributed by atoms with Crippen LogP contribution in [0.1, 0.15) is 24.8 Å². The summed E-state index contributed by atoms with van der Waals surface area (Å²) in [5.74, 6) is 0.192. The van der Waals surface area contributed by atoms with Crippen molar-refractivity contribution in [1.82, 2.24) is 9.88 Å². The van der Waals surface area contributed by atoms with Gasteiger partial charge >= 0.3 is 0 Å². The maximum absolute atomic E-state index is 11.6. The van der Waals surface area contributed by atoms with Crippen LogP contribution in [0.15, 0.2) is 12.1 Å². The van der Waals surface area contributed by atoms with Gasteiger partial charge in [0.1, 0.15) is 10.3 Å². The average molecular weight is 259 g/mol. The monoisotopic (exact) mass is 258 g/mol. The van der Waals surface area contributed by atoms with Crippen molar-refractivity contribution < 1.29 is 4.79 Å². The van der Waals surface area contributed by atoms with E-state index in [2.05, 4.69) is 4.98 Å². The van der Waals surface area contributed by atoms with E-state index in [9.17, 15) is 4.79 Å². The molecule has 0 radical (unpaired) electrons. The van der Waals surface area contributed by atoms with Crippen LogP contribution in [0.2, 0.25) is 10.3 Å². The molecule has 1 aromatic rings. The maximum atomic E-state index is 11.6. The maximum Gasteiger partial charge on any atom is 0.222 e. The Hall–Kier alpha value is -0.800. The van der Waals surface area contributed by atoms with Crippen LogP contribution in [0.25, 0.3) is 0 Å². The highest BCUT2D eigenvalue weighted by Gasteiger charge is 2.19. The molecule has 2 rings (SSSR count). The van der Waals surface area contributed by atoms with Gasteiger partial charge in [0, 0.05) is 25.1 Å². The molecule has 0 atom stereocenters. The number of carbonyl (C=O) groups excluding carboxylic acids is 1. The molecule has 0 bridgehead atoms. The smallest absolute Gasteiger partial charge is 0.222 e. The van der Waals surface area contributed by atoms with E-state index in [-0.39, 0.29) is 5.91 Å². The summed E-state index contributed by atoms with van der Waals surface area (Å²) < 4.78 is 0. The molecule has 0 aromatic carbocycles. The van der Waals surface area contributed by atoms with E-state index in [1.54, 1.807) is 6.07 Å². The Morgan fingerprint density at radius 2 is 2.12 bits per heavy atom. The minimum Gasteiger partial charge on any atom is -0.338 e. The summed E-state index contributed by atoms with van der Waals surface area (Å²) in [6, 6.07) is 3.51. The van der Waals surface area contributed by atoms with Gasteiger partial charge in [0.15, 0.2) is 0 Å². The van der Waals surface area contributed by atoms with Crippen molar-refractivity contribution in [3.05, 3.63) is 28.0 Å². The molecule has 1 aliphatic heterocycles. The van der Waals surface area contributed by atoms with E-state index in [0.29, 0.717) is 23.3 Å². The van der Waals surface area contributed by atoms with Crippen molar-refractivity contribution in [1.29, 1.82) is 0 Å². The van der Waals surface area contributed by atoms with Crippen LogP contribution < -0.4 is 0 Å². The second-order valence-corrected chi connectivity index (χ2v) is 4.60. The first-order chi connectivity index (χ1) is 7.66. The van der Waals surface area contributed by atoms with Crippen LogP contribution in [0, 0.1) is 0 Å². The number of likely N-dealkylation sites (tertiary alicyclic amines) is 1. The predicted octanol–water partition coefficient (Wildman–Crippen LogP) is 2.90. The predicted molar refractivity (Wildman–Crippen MR) is 63.5 cm³/mol. The first kappa shape index (κ1) is 11.7. The van der Waals surface area contributed by atoms with E-state index < -0.39 is 0 Å². The van der Waals surface area contributed by atoms with Crippen molar-refractivity contribution in [3.63, 3.8) is 0 Å². The number of nitrogens with zero attached hydrogens (tertiary/aromatic N) is 2. The topological polar surface area (TPSA) is 33.2 Å². The Labute approximate surface area is 104 Å². The van der Waals surface area contributed by atoms with E-state index in [4.69, 9.17) is 23.2 Å². The normalized spacial score (nSPS) is 16.6. The van der Waals surface area contributed by atoms with Crippen molar-refractivity contribution >= 4 is 29.1 Å². The number of piperidine rings is 1. The number of aromatic nitrogens is 1. The van der Waals surface area contributed by atoms with Crippen LogP contribution in [-0.2, 0) is 11.3 Å². The Balaban J connectivity index is 2.10. The fraction of sp³-hybridized carbons (Fsp3) is 0.455. The van der Waals surface area contributed by atoms with Crippen molar-refractivity contribution in [2.24, 2.45) is 0 Å². The summed E-state index contributed by atoms with van der Waals surface area (Å²) in [5.41, 5.74) is 0.848. The minimum absolute atomic E-state index is 0.192. The average Bonchev–Trinajstić information content (AvgIpc) is 2.25. The summed E-state index contributed by atoms with van der Waals surface area (Å²) in [5, 5.41) is 0.754. The van der Waals surface area contributed by atoms with E-state index in [1.165, 1.54) is 0 Å². The highest BCUT2D eigenvalue weighted by atomic mass is 35.5. The quantitative estimate of drug-likeness (QED) is 0.765. The molecule has 5 heteroatoms. The lowest BCUT2D eigenvalue weighted by atomic mass is 10.1. The molecule has 0 N–H and O–H groups in total. The number of hydrogen-bond donors (Lipinski definition) is 0. The molecule has 2 heterocycles. The first-order valence-electron chi connectivity index (χ1n) is 5.25. The van der Waals surface area contributed by atoms with Crippen molar-refractivity contribution in [3.8, 4) is 0 Å². The molecular formula is C11H12Cl2N2O. The molecule has 1 fully saturated rings. The van der Waals surface area contributed by atoms with Gasteiger partial charge in [-0.1, -0.05) is 29.3 Å². The Bertz CT molecular complexity index is 409. The van der Waals surface area contributed by atoms with Gasteiger partial charge < -0.3 is 4.90 Å². The van der Waals surface area contributed by atoms with Crippen molar-refractivity contribution in [2.75, 3.05) is 6.54 Å². The van der Waals surface area contributed by atoms with Gasteiger partial charge in [-0.15, -0.1) is 0 Å². The third-order valence-electron chi connectivity index (χ3n) is 2.67. The van der Waals surface area contributed by atoms with Gasteiger partial charge in [-0.3, -0.25) is 4.79 Å². The first-order valence-corrected chi connectivity index (χ1v) is 6.01. The van der Waals surface area contributed by atoms with Crippen LogP contribution in [-0.4, -0.2) is 22.3 Å².